The van der Waals surface area contributed by atoms with E-state index in [0.29, 0.717) is 26.0 Å². The first-order valence-electron chi connectivity index (χ1n) is 12.8. The zero-order valence-corrected chi connectivity index (χ0v) is 21.2. The molecule has 184 valence electrons. The summed E-state index contributed by atoms with van der Waals surface area (Å²) in [5, 5.41) is 3.90. The fraction of sp³-hybridized carbons (Fsp3) is 0.519. The van der Waals surface area contributed by atoms with E-state index in [9.17, 15) is 9.59 Å². The third-order valence-electron chi connectivity index (χ3n) is 7.57. The Kier molecular flexibility index (Phi) is 5.89. The summed E-state index contributed by atoms with van der Waals surface area (Å²) in [6.45, 7) is 6.25. The zero-order valence-electron chi connectivity index (χ0n) is 20.4. The van der Waals surface area contributed by atoms with Gasteiger partial charge in [0.05, 0.1) is 22.8 Å². The molecule has 3 aliphatic rings. The van der Waals surface area contributed by atoms with Crippen molar-refractivity contribution in [2.24, 2.45) is 0 Å². The monoisotopic (exact) mass is 492 g/mol. The van der Waals surface area contributed by atoms with Crippen LogP contribution in [0.1, 0.15) is 66.0 Å². The number of fused-ring (bicyclic) bond motifs is 6. The maximum atomic E-state index is 13.1. The van der Waals surface area contributed by atoms with Crippen molar-refractivity contribution in [3.05, 3.63) is 39.3 Å². The molecule has 0 spiro atoms. The average molecular weight is 493 g/mol. The standard InChI is InChI=1S/C27H32N4O3S/c1-16-12-23(32)31-10-4-8-22(29-31)27(33)34-11-5-7-19-15-30-9-3-6-18-13-20(14-21(19)25(18)30)24-17(2)35-26(16)28-24/h13-16,22,29H,3-12H2,1-2H3. The molecule has 35 heavy (non-hydrogen) atoms. The number of ether oxygens (including phenoxy) is 1. The number of carbonyl (C=O) groups is 2. The van der Waals surface area contributed by atoms with Crippen LogP contribution in [0.15, 0.2) is 18.3 Å². The highest BCUT2D eigenvalue weighted by Crippen LogP contribution is 2.38. The van der Waals surface area contributed by atoms with Gasteiger partial charge in [-0.2, -0.15) is 0 Å². The van der Waals surface area contributed by atoms with Crippen LogP contribution in [0.25, 0.3) is 22.2 Å². The van der Waals surface area contributed by atoms with Crippen molar-refractivity contribution in [1.82, 2.24) is 20.0 Å². The molecule has 0 aliphatic carbocycles. The van der Waals surface area contributed by atoms with Crippen molar-refractivity contribution in [2.75, 3.05) is 13.2 Å². The number of hydrogen-bond acceptors (Lipinski definition) is 6. The third-order valence-corrected chi connectivity index (χ3v) is 8.78. The van der Waals surface area contributed by atoms with E-state index in [4.69, 9.17) is 9.72 Å². The Morgan fingerprint density at radius 2 is 1.97 bits per heavy atom. The topological polar surface area (TPSA) is 76.5 Å². The van der Waals surface area contributed by atoms with Gasteiger partial charge in [0.2, 0.25) is 5.91 Å². The Labute approximate surface area is 209 Å². The molecule has 3 aliphatic heterocycles. The van der Waals surface area contributed by atoms with Gasteiger partial charge in [0.15, 0.2) is 0 Å². The number of carbonyl (C=O) groups excluding carboxylic acids is 2. The van der Waals surface area contributed by atoms with Crippen LogP contribution in [0.4, 0.5) is 0 Å². The second kappa shape index (κ2) is 9.06. The molecule has 2 unspecified atom stereocenters. The highest BCUT2D eigenvalue weighted by molar-refractivity contribution is 7.12. The lowest BCUT2D eigenvalue weighted by Crippen LogP contribution is -2.55. The number of cyclic esters (lactones) is 1. The lowest BCUT2D eigenvalue weighted by molar-refractivity contribution is -0.152. The Bertz CT molecular complexity index is 1310. The van der Waals surface area contributed by atoms with Gasteiger partial charge in [-0.15, -0.1) is 11.3 Å². The molecule has 1 N–H and O–H groups in total. The van der Waals surface area contributed by atoms with Crippen LogP contribution < -0.4 is 5.43 Å². The molecular formula is C27H32N4O3S. The minimum absolute atomic E-state index is 0.00217. The fourth-order valence-electron chi connectivity index (χ4n) is 5.77. The lowest BCUT2D eigenvalue weighted by atomic mass is 9.96. The summed E-state index contributed by atoms with van der Waals surface area (Å²) in [6.07, 6.45) is 7.99. The van der Waals surface area contributed by atoms with Crippen LogP contribution in [0.5, 0.6) is 0 Å². The summed E-state index contributed by atoms with van der Waals surface area (Å²) in [6, 6.07) is 4.16. The molecule has 1 saturated heterocycles. The molecule has 0 radical (unpaired) electrons. The van der Waals surface area contributed by atoms with Crippen molar-refractivity contribution in [3.8, 4) is 11.3 Å². The van der Waals surface area contributed by atoms with E-state index in [2.05, 4.69) is 42.2 Å². The maximum Gasteiger partial charge on any atom is 0.324 e. The Morgan fingerprint density at radius 3 is 2.86 bits per heavy atom. The van der Waals surface area contributed by atoms with Crippen LogP contribution in [-0.4, -0.2) is 45.6 Å². The van der Waals surface area contributed by atoms with E-state index < -0.39 is 6.04 Å². The molecule has 2 atom stereocenters. The molecule has 7 nitrogen and oxygen atoms in total. The van der Waals surface area contributed by atoms with Gasteiger partial charge in [0.1, 0.15) is 6.04 Å². The number of rotatable bonds is 0. The first kappa shape index (κ1) is 22.7. The second-order valence-corrected chi connectivity index (χ2v) is 11.4. The molecule has 6 bridgehead atoms. The number of amides is 1. The Hall–Kier alpha value is -2.71. The van der Waals surface area contributed by atoms with E-state index in [0.717, 1.165) is 49.4 Å². The Morgan fingerprint density at radius 1 is 1.11 bits per heavy atom. The van der Waals surface area contributed by atoms with Gasteiger partial charge < -0.3 is 9.30 Å². The smallest absolute Gasteiger partial charge is 0.324 e. The molecule has 2 aromatic heterocycles. The molecule has 3 aromatic rings. The summed E-state index contributed by atoms with van der Waals surface area (Å²) in [5.74, 6) is -0.254. The Balaban J connectivity index is 1.41. The van der Waals surface area contributed by atoms with Crippen molar-refractivity contribution >= 4 is 34.1 Å². The molecule has 6 rings (SSSR count). The minimum Gasteiger partial charge on any atom is -0.464 e. The van der Waals surface area contributed by atoms with Gasteiger partial charge in [0, 0.05) is 47.5 Å². The summed E-state index contributed by atoms with van der Waals surface area (Å²) in [4.78, 5) is 32.0. The van der Waals surface area contributed by atoms with Crippen molar-refractivity contribution < 1.29 is 14.3 Å². The number of nitrogens with one attached hydrogen (secondary N) is 1. The molecule has 8 heteroatoms. The quantitative estimate of drug-likeness (QED) is 0.468. The predicted molar refractivity (Wildman–Crippen MR) is 136 cm³/mol. The molecule has 1 fully saturated rings. The number of nitrogens with zero attached hydrogens (tertiary/aromatic N) is 3. The van der Waals surface area contributed by atoms with Crippen LogP contribution in [0, 0.1) is 6.92 Å². The third kappa shape index (κ3) is 4.16. The highest BCUT2D eigenvalue weighted by atomic mass is 32.1. The average Bonchev–Trinajstić information content (AvgIpc) is 3.43. The van der Waals surface area contributed by atoms with Gasteiger partial charge in [-0.1, -0.05) is 6.92 Å². The normalized spacial score (nSPS) is 23.3. The van der Waals surface area contributed by atoms with Gasteiger partial charge >= 0.3 is 5.97 Å². The number of aryl methyl sites for hydroxylation is 4. The van der Waals surface area contributed by atoms with Crippen molar-refractivity contribution in [2.45, 2.75) is 77.3 Å². The second-order valence-electron chi connectivity index (χ2n) is 10.2. The van der Waals surface area contributed by atoms with E-state index in [1.165, 1.54) is 32.5 Å². The van der Waals surface area contributed by atoms with E-state index >= 15 is 0 Å². The predicted octanol–water partition coefficient (Wildman–Crippen LogP) is 4.50. The van der Waals surface area contributed by atoms with Gasteiger partial charge in [0.25, 0.3) is 0 Å². The summed E-state index contributed by atoms with van der Waals surface area (Å²) in [5.41, 5.74) is 9.38. The first-order chi connectivity index (χ1) is 17.0. The summed E-state index contributed by atoms with van der Waals surface area (Å²) in [7, 11) is 0. The van der Waals surface area contributed by atoms with Gasteiger partial charge in [-0.05, 0) is 68.7 Å². The SMILES string of the molecule is Cc1sc2nc1-c1cc3c4c(c1)c(cn4CCC3)CCCOC(=O)C1CCCN(N1)C(=O)CC2C. The van der Waals surface area contributed by atoms with Crippen LogP contribution in [-0.2, 0) is 33.7 Å². The van der Waals surface area contributed by atoms with Crippen molar-refractivity contribution in [3.63, 3.8) is 0 Å². The lowest BCUT2D eigenvalue weighted by Gasteiger charge is -2.33. The molecule has 0 saturated carbocycles. The number of benzene rings is 1. The number of hydrazine groups is 1. The van der Waals surface area contributed by atoms with E-state index in [1.807, 2.05) is 0 Å². The molecule has 1 aromatic carbocycles. The molecular weight excluding hydrogens is 460 g/mol. The van der Waals surface area contributed by atoms with Crippen LogP contribution in [0.2, 0.25) is 0 Å². The van der Waals surface area contributed by atoms with Gasteiger partial charge in [-0.25, -0.2) is 10.4 Å². The summed E-state index contributed by atoms with van der Waals surface area (Å²) >= 11 is 1.69. The van der Waals surface area contributed by atoms with Crippen LogP contribution >= 0.6 is 11.3 Å². The molecule has 5 heterocycles. The number of esters is 1. The van der Waals surface area contributed by atoms with Crippen molar-refractivity contribution in [1.29, 1.82) is 0 Å². The van der Waals surface area contributed by atoms with E-state index in [-0.39, 0.29) is 17.8 Å². The van der Waals surface area contributed by atoms with Gasteiger partial charge in [-0.3, -0.25) is 14.6 Å². The fourth-order valence-corrected chi connectivity index (χ4v) is 6.77. The molecule has 1 amide bonds. The number of hydrogen-bond donors (Lipinski definition) is 1. The van der Waals surface area contributed by atoms with Crippen LogP contribution in [0.3, 0.4) is 0 Å². The van der Waals surface area contributed by atoms with E-state index in [1.54, 1.807) is 16.3 Å². The largest absolute Gasteiger partial charge is 0.464 e. The highest BCUT2D eigenvalue weighted by Gasteiger charge is 2.30. The first-order valence-corrected chi connectivity index (χ1v) is 13.6. The zero-order chi connectivity index (χ0) is 24.1. The summed E-state index contributed by atoms with van der Waals surface area (Å²) < 4.78 is 8.03. The maximum absolute atomic E-state index is 13.1. The number of thiazole rings is 1. The minimum atomic E-state index is -0.461. The number of aromatic nitrogens is 2.